The van der Waals surface area contributed by atoms with Gasteiger partial charge in [0.2, 0.25) is 0 Å². The SMILES string of the molecule is CCCC(C)(C)c1nn[nH]n1. The van der Waals surface area contributed by atoms with Gasteiger partial charge in [-0.2, -0.15) is 5.21 Å². The summed E-state index contributed by atoms with van der Waals surface area (Å²) in [7, 11) is 0. The van der Waals surface area contributed by atoms with Crippen molar-refractivity contribution in [3.05, 3.63) is 5.82 Å². The van der Waals surface area contributed by atoms with Gasteiger partial charge in [-0.1, -0.05) is 32.4 Å². The first-order chi connectivity index (χ1) is 5.17. The fourth-order valence-corrected chi connectivity index (χ4v) is 1.19. The van der Waals surface area contributed by atoms with Crippen molar-refractivity contribution >= 4 is 0 Å². The number of rotatable bonds is 3. The predicted octanol–water partition coefficient (Wildman–Crippen LogP) is 1.28. The molecule has 1 aromatic heterocycles. The molecule has 0 unspecified atom stereocenters. The largest absolute Gasteiger partial charge is 0.180 e. The van der Waals surface area contributed by atoms with Crippen molar-refractivity contribution in [3.8, 4) is 0 Å². The lowest BCUT2D eigenvalue weighted by molar-refractivity contribution is 0.445. The van der Waals surface area contributed by atoms with E-state index in [9.17, 15) is 0 Å². The molecule has 1 heterocycles. The average molecular weight is 154 g/mol. The van der Waals surface area contributed by atoms with Crippen LogP contribution < -0.4 is 0 Å². The smallest absolute Gasteiger partial charge is 0.177 e. The van der Waals surface area contributed by atoms with Crippen LogP contribution in [0.25, 0.3) is 0 Å². The van der Waals surface area contributed by atoms with Gasteiger partial charge in [-0.15, -0.1) is 10.2 Å². The molecule has 1 aromatic rings. The van der Waals surface area contributed by atoms with Crippen molar-refractivity contribution in [1.82, 2.24) is 20.6 Å². The lowest BCUT2D eigenvalue weighted by Gasteiger charge is -2.18. The van der Waals surface area contributed by atoms with Crippen molar-refractivity contribution in [3.63, 3.8) is 0 Å². The summed E-state index contributed by atoms with van der Waals surface area (Å²) in [5.41, 5.74) is 0.0573. The monoisotopic (exact) mass is 154 g/mol. The Balaban J connectivity index is 2.73. The number of aromatic amines is 1. The first-order valence-corrected chi connectivity index (χ1v) is 3.91. The van der Waals surface area contributed by atoms with E-state index in [2.05, 4.69) is 41.4 Å². The van der Waals surface area contributed by atoms with Crippen LogP contribution in [0.4, 0.5) is 0 Å². The van der Waals surface area contributed by atoms with E-state index in [1.807, 2.05) is 0 Å². The summed E-state index contributed by atoms with van der Waals surface area (Å²) in [4.78, 5) is 0. The van der Waals surface area contributed by atoms with Crippen LogP contribution in [0.15, 0.2) is 0 Å². The maximum atomic E-state index is 3.96. The maximum absolute atomic E-state index is 3.96. The predicted molar refractivity (Wildman–Crippen MR) is 42.1 cm³/mol. The molecule has 0 atom stereocenters. The van der Waals surface area contributed by atoms with Crippen LogP contribution in [0.3, 0.4) is 0 Å². The first-order valence-electron chi connectivity index (χ1n) is 3.91. The Bertz CT molecular complexity index is 202. The lowest BCUT2D eigenvalue weighted by atomic mass is 9.87. The number of nitrogens with one attached hydrogen (secondary N) is 1. The Morgan fingerprint density at radius 3 is 2.64 bits per heavy atom. The van der Waals surface area contributed by atoms with Gasteiger partial charge in [0.1, 0.15) is 0 Å². The van der Waals surface area contributed by atoms with Gasteiger partial charge in [0.05, 0.1) is 0 Å². The zero-order chi connectivity index (χ0) is 8.32. The Kier molecular flexibility index (Phi) is 2.22. The molecule has 0 aliphatic rings. The highest BCUT2D eigenvalue weighted by Gasteiger charge is 2.23. The molecule has 0 amide bonds. The van der Waals surface area contributed by atoms with Crippen molar-refractivity contribution in [2.75, 3.05) is 0 Å². The van der Waals surface area contributed by atoms with Crippen LogP contribution >= 0.6 is 0 Å². The molecule has 1 rings (SSSR count). The van der Waals surface area contributed by atoms with Gasteiger partial charge in [0, 0.05) is 5.41 Å². The van der Waals surface area contributed by atoms with E-state index in [1.54, 1.807) is 0 Å². The van der Waals surface area contributed by atoms with Crippen LogP contribution in [-0.2, 0) is 5.41 Å². The Hall–Kier alpha value is -0.930. The van der Waals surface area contributed by atoms with Gasteiger partial charge in [-0.25, -0.2) is 0 Å². The van der Waals surface area contributed by atoms with Crippen molar-refractivity contribution in [1.29, 1.82) is 0 Å². The van der Waals surface area contributed by atoms with Crippen LogP contribution in [-0.4, -0.2) is 20.6 Å². The number of H-pyrrole nitrogens is 1. The third kappa shape index (κ3) is 1.76. The van der Waals surface area contributed by atoms with Crippen LogP contribution in [0.2, 0.25) is 0 Å². The molecule has 0 aliphatic carbocycles. The minimum absolute atomic E-state index is 0.0573. The Morgan fingerprint density at radius 2 is 2.18 bits per heavy atom. The Labute approximate surface area is 66.4 Å². The fraction of sp³-hybridized carbons (Fsp3) is 0.857. The molecule has 1 N–H and O–H groups in total. The third-order valence-electron chi connectivity index (χ3n) is 1.83. The number of hydrogen-bond acceptors (Lipinski definition) is 3. The molecule has 11 heavy (non-hydrogen) atoms. The standard InChI is InChI=1S/C7H14N4/c1-4-5-7(2,3)6-8-10-11-9-6/h4-5H2,1-3H3,(H,8,9,10,11). The van der Waals surface area contributed by atoms with E-state index in [1.165, 1.54) is 0 Å². The van der Waals surface area contributed by atoms with Gasteiger partial charge in [-0.3, -0.25) is 0 Å². The second-order valence-electron chi connectivity index (χ2n) is 3.37. The molecule has 0 spiro atoms. The minimum Gasteiger partial charge on any atom is -0.177 e. The normalized spacial score (nSPS) is 11.9. The summed E-state index contributed by atoms with van der Waals surface area (Å²) in [5.74, 6) is 0.805. The van der Waals surface area contributed by atoms with E-state index in [4.69, 9.17) is 0 Å². The quantitative estimate of drug-likeness (QED) is 0.713. The first kappa shape index (κ1) is 8.17. The van der Waals surface area contributed by atoms with Crippen LogP contribution in [0, 0.1) is 0 Å². The third-order valence-corrected chi connectivity index (χ3v) is 1.83. The molecular formula is C7H14N4. The molecule has 0 radical (unpaired) electrons. The van der Waals surface area contributed by atoms with Gasteiger partial charge in [0.25, 0.3) is 0 Å². The summed E-state index contributed by atoms with van der Waals surface area (Å²) in [5, 5.41) is 13.9. The summed E-state index contributed by atoms with van der Waals surface area (Å²) in [6, 6.07) is 0. The molecule has 4 nitrogen and oxygen atoms in total. The lowest BCUT2D eigenvalue weighted by Crippen LogP contribution is -2.18. The number of aromatic nitrogens is 4. The Morgan fingerprint density at radius 1 is 1.45 bits per heavy atom. The van der Waals surface area contributed by atoms with Gasteiger partial charge in [0.15, 0.2) is 5.82 Å². The van der Waals surface area contributed by atoms with Gasteiger partial charge >= 0.3 is 0 Å². The molecule has 0 aliphatic heterocycles. The molecule has 4 heteroatoms. The van der Waals surface area contributed by atoms with Gasteiger partial charge in [-0.05, 0) is 6.42 Å². The number of nitrogens with zero attached hydrogens (tertiary/aromatic N) is 3. The molecule has 0 aromatic carbocycles. The number of hydrogen-bond donors (Lipinski definition) is 1. The molecular weight excluding hydrogens is 140 g/mol. The van der Waals surface area contributed by atoms with Crippen molar-refractivity contribution in [2.24, 2.45) is 0 Å². The van der Waals surface area contributed by atoms with Crippen molar-refractivity contribution in [2.45, 2.75) is 39.0 Å². The highest BCUT2D eigenvalue weighted by atomic mass is 15.5. The fourth-order valence-electron chi connectivity index (χ4n) is 1.19. The topological polar surface area (TPSA) is 54.5 Å². The summed E-state index contributed by atoms with van der Waals surface area (Å²) >= 11 is 0. The van der Waals surface area contributed by atoms with E-state index in [0.29, 0.717) is 0 Å². The van der Waals surface area contributed by atoms with Crippen LogP contribution in [0.5, 0.6) is 0 Å². The average Bonchev–Trinajstić information content (AvgIpc) is 2.37. The van der Waals surface area contributed by atoms with E-state index in [-0.39, 0.29) is 5.41 Å². The maximum Gasteiger partial charge on any atom is 0.180 e. The van der Waals surface area contributed by atoms with Crippen molar-refractivity contribution < 1.29 is 0 Å². The molecule has 0 bridgehead atoms. The number of tetrazole rings is 1. The minimum atomic E-state index is 0.0573. The summed E-state index contributed by atoms with van der Waals surface area (Å²) < 4.78 is 0. The van der Waals surface area contributed by atoms with Gasteiger partial charge < -0.3 is 0 Å². The molecule has 0 saturated carbocycles. The van der Waals surface area contributed by atoms with E-state index in [0.717, 1.165) is 18.7 Å². The summed E-state index contributed by atoms with van der Waals surface area (Å²) in [6.07, 6.45) is 2.23. The molecule has 62 valence electrons. The zero-order valence-electron chi connectivity index (χ0n) is 7.26. The van der Waals surface area contributed by atoms with E-state index >= 15 is 0 Å². The molecule has 0 saturated heterocycles. The zero-order valence-corrected chi connectivity index (χ0v) is 7.26. The second-order valence-corrected chi connectivity index (χ2v) is 3.37. The highest BCUT2D eigenvalue weighted by Crippen LogP contribution is 2.23. The summed E-state index contributed by atoms with van der Waals surface area (Å²) in [6.45, 7) is 6.41. The van der Waals surface area contributed by atoms with Crippen LogP contribution in [0.1, 0.15) is 39.4 Å². The highest BCUT2D eigenvalue weighted by molar-refractivity contribution is 4.98. The second kappa shape index (κ2) is 2.98. The van der Waals surface area contributed by atoms with E-state index < -0.39 is 0 Å². The molecule has 0 fully saturated rings.